The molecule has 282 valence electrons. The maximum atomic E-state index is 14.6. The number of imidazole rings is 1. The molecule has 0 spiro atoms. The third-order valence-corrected chi connectivity index (χ3v) is 10.2. The number of pyridine rings is 1. The van der Waals surface area contributed by atoms with Gasteiger partial charge in [0.05, 0.1) is 19.3 Å². The van der Waals surface area contributed by atoms with Crippen LogP contribution in [0.3, 0.4) is 0 Å². The second-order valence-electron chi connectivity index (χ2n) is 15.4. The molecule has 0 N–H and O–H groups in total. The third kappa shape index (κ3) is 7.15. The van der Waals surface area contributed by atoms with Gasteiger partial charge in [-0.25, -0.2) is 29.7 Å². The van der Waals surface area contributed by atoms with Gasteiger partial charge in [0, 0.05) is 54.0 Å². The maximum Gasteiger partial charge on any atom is 0.434 e. The van der Waals surface area contributed by atoms with Gasteiger partial charge in [0.2, 0.25) is 5.88 Å². The Labute approximate surface area is 309 Å². The van der Waals surface area contributed by atoms with E-state index in [9.17, 15) is 22.8 Å². The first-order valence-corrected chi connectivity index (χ1v) is 18.3. The molecule has 8 rings (SSSR count). The molecule has 15 heteroatoms. The summed E-state index contributed by atoms with van der Waals surface area (Å²) in [6.45, 7) is 6.51. The van der Waals surface area contributed by atoms with E-state index in [4.69, 9.17) is 19.4 Å². The monoisotopic (exact) mass is 742 g/mol. The zero-order valence-electron chi connectivity index (χ0n) is 30.6. The Balaban J connectivity index is 1.17. The van der Waals surface area contributed by atoms with Crippen LogP contribution in [0, 0.1) is 0 Å². The fourth-order valence-corrected chi connectivity index (χ4v) is 7.17. The van der Waals surface area contributed by atoms with Crippen LogP contribution < -0.4 is 10.3 Å². The average molecular weight is 743 g/mol. The van der Waals surface area contributed by atoms with Crippen molar-refractivity contribution in [2.45, 2.75) is 95.5 Å². The van der Waals surface area contributed by atoms with Crippen LogP contribution in [0.15, 0.2) is 53.8 Å². The minimum atomic E-state index is -4.55. The lowest BCUT2D eigenvalue weighted by molar-refractivity contribution is -0.140. The molecule has 0 unspecified atom stereocenters. The lowest BCUT2D eigenvalue weighted by Crippen LogP contribution is -2.42. The molecule has 4 aromatic heterocycles. The van der Waals surface area contributed by atoms with Crippen molar-refractivity contribution in [3.05, 3.63) is 81.9 Å². The molecule has 2 aliphatic carbocycles. The summed E-state index contributed by atoms with van der Waals surface area (Å²) in [5, 5.41) is 0.662. The van der Waals surface area contributed by atoms with Crippen LogP contribution in [0.4, 0.5) is 18.0 Å². The van der Waals surface area contributed by atoms with E-state index in [0.717, 1.165) is 43.1 Å². The number of methoxy groups -OCH3 is 1. The number of carbonyl (C=O) groups is 1. The second kappa shape index (κ2) is 13.5. The topological polar surface area (TPSA) is 130 Å². The molecule has 3 aliphatic rings. The Morgan fingerprint density at radius 2 is 1.65 bits per heavy atom. The summed E-state index contributed by atoms with van der Waals surface area (Å²) in [7, 11) is 1.53. The second-order valence-corrected chi connectivity index (χ2v) is 15.4. The lowest BCUT2D eigenvalue weighted by atomic mass is 9.89. The smallest absolute Gasteiger partial charge is 0.434 e. The number of ether oxygens (including phenoxy) is 2. The molecule has 5 heterocycles. The van der Waals surface area contributed by atoms with Gasteiger partial charge in [0.1, 0.15) is 29.0 Å². The highest BCUT2D eigenvalue weighted by molar-refractivity contribution is 5.79. The number of alkyl halides is 3. The van der Waals surface area contributed by atoms with E-state index >= 15 is 0 Å². The number of fused-ring (bicyclic) bond motifs is 1. The van der Waals surface area contributed by atoms with Gasteiger partial charge in [-0.05, 0) is 76.8 Å². The highest BCUT2D eigenvalue weighted by Gasteiger charge is 2.38. The number of benzene rings is 1. The predicted molar refractivity (Wildman–Crippen MR) is 193 cm³/mol. The molecule has 2 saturated carbocycles. The maximum absolute atomic E-state index is 14.6. The summed E-state index contributed by atoms with van der Waals surface area (Å²) < 4.78 is 55.3. The minimum Gasteiger partial charge on any atom is -0.480 e. The molecule has 5 aromatic rings. The third-order valence-electron chi connectivity index (χ3n) is 10.2. The lowest BCUT2D eigenvalue weighted by Gasteiger charge is -2.33. The Morgan fingerprint density at radius 3 is 2.28 bits per heavy atom. The number of rotatable bonds is 8. The van der Waals surface area contributed by atoms with E-state index in [1.807, 2.05) is 26.8 Å². The summed E-state index contributed by atoms with van der Waals surface area (Å²) in [4.78, 5) is 51.6. The zero-order chi connectivity index (χ0) is 37.9. The number of nitrogens with zero attached hydrogens (tertiary/aromatic N) is 8. The van der Waals surface area contributed by atoms with Crippen molar-refractivity contribution in [1.29, 1.82) is 0 Å². The van der Waals surface area contributed by atoms with Gasteiger partial charge in [0.25, 0.3) is 5.56 Å². The molecule has 0 radical (unpaired) electrons. The first kappa shape index (κ1) is 35.7. The van der Waals surface area contributed by atoms with Crippen molar-refractivity contribution in [1.82, 2.24) is 39.0 Å². The molecule has 12 nitrogen and oxygen atoms in total. The van der Waals surface area contributed by atoms with Crippen LogP contribution in [0.5, 0.6) is 5.88 Å². The summed E-state index contributed by atoms with van der Waals surface area (Å²) in [5.74, 6) is 1.08. The molecule has 0 bridgehead atoms. The van der Waals surface area contributed by atoms with E-state index in [1.165, 1.54) is 13.4 Å². The van der Waals surface area contributed by atoms with Crippen molar-refractivity contribution in [3.8, 4) is 28.7 Å². The highest BCUT2D eigenvalue weighted by Crippen LogP contribution is 2.45. The summed E-state index contributed by atoms with van der Waals surface area (Å²) >= 11 is 0. The first-order chi connectivity index (χ1) is 25.8. The van der Waals surface area contributed by atoms with Gasteiger partial charge < -0.3 is 18.9 Å². The van der Waals surface area contributed by atoms with Crippen LogP contribution in [0.1, 0.15) is 99.7 Å². The molecule has 1 saturated heterocycles. The van der Waals surface area contributed by atoms with Gasteiger partial charge in [-0.3, -0.25) is 9.36 Å². The molecule has 1 aromatic carbocycles. The van der Waals surface area contributed by atoms with E-state index in [2.05, 4.69) is 15.0 Å². The summed E-state index contributed by atoms with van der Waals surface area (Å²) in [5.41, 5.74) is 1.96. The van der Waals surface area contributed by atoms with Crippen LogP contribution in [0.25, 0.3) is 33.8 Å². The van der Waals surface area contributed by atoms with Crippen LogP contribution in [-0.2, 0) is 17.5 Å². The minimum absolute atomic E-state index is 0.00471. The first-order valence-electron chi connectivity index (χ1n) is 18.3. The fraction of sp³-hybridized carbons (Fsp3) is 0.462. The largest absolute Gasteiger partial charge is 0.480 e. The molecular formula is C39H41F3N8O4. The van der Waals surface area contributed by atoms with Crippen molar-refractivity contribution in [2.24, 2.45) is 0 Å². The van der Waals surface area contributed by atoms with Crippen molar-refractivity contribution in [2.75, 3.05) is 20.2 Å². The number of hydrogen-bond donors (Lipinski definition) is 0. The van der Waals surface area contributed by atoms with Crippen LogP contribution >= 0.6 is 0 Å². The quantitative estimate of drug-likeness (QED) is 0.159. The van der Waals surface area contributed by atoms with Crippen LogP contribution in [-0.4, -0.2) is 70.8 Å². The number of aromatic nitrogens is 7. The molecule has 1 aliphatic heterocycles. The number of likely N-dealkylation sites (tertiary alicyclic amines) is 1. The summed E-state index contributed by atoms with van der Waals surface area (Å²) in [6.07, 6.45) is 4.06. The van der Waals surface area contributed by atoms with E-state index in [-0.39, 0.29) is 41.9 Å². The number of amides is 1. The highest BCUT2D eigenvalue weighted by atomic mass is 19.4. The number of carbonyl (C=O) groups excluding carboxylic acids is 1. The zero-order valence-corrected chi connectivity index (χ0v) is 30.6. The van der Waals surface area contributed by atoms with Gasteiger partial charge in [-0.2, -0.15) is 13.2 Å². The van der Waals surface area contributed by atoms with Crippen molar-refractivity contribution < 1.29 is 27.4 Å². The molecular weight excluding hydrogens is 701 g/mol. The molecule has 0 atom stereocenters. The SMILES string of the molecule is COc1ncnc(C2CC2)c1-c1ncc2cc(C3CCN(C(=O)OC(C)(C)C)CC3)c(=O)n(Cc3ccc(-c4nc(C(F)(F)F)cn4C4CC4)cc3)c2n1. The van der Waals surface area contributed by atoms with Gasteiger partial charge in [-0.1, -0.05) is 24.3 Å². The Kier molecular flexibility index (Phi) is 8.92. The number of piperidine rings is 1. The molecule has 54 heavy (non-hydrogen) atoms. The summed E-state index contributed by atoms with van der Waals surface area (Å²) in [6, 6.07) is 8.95. The van der Waals surface area contributed by atoms with Crippen molar-refractivity contribution in [3.63, 3.8) is 0 Å². The van der Waals surface area contributed by atoms with Gasteiger partial charge >= 0.3 is 12.3 Å². The normalized spacial score (nSPS) is 16.9. The van der Waals surface area contributed by atoms with E-state index < -0.39 is 17.5 Å². The van der Waals surface area contributed by atoms with Gasteiger partial charge in [-0.15, -0.1) is 0 Å². The Morgan fingerprint density at radius 1 is 0.926 bits per heavy atom. The standard InChI is InChI=1S/C39H41F3N8O4/c1-38(2,3)54-37(52)48-15-13-23(14-16-48)28-17-26-18-43-32(30-31(24-9-10-24)44-21-45-35(30)53-4)47-34(26)50(36(28)51)19-22-5-7-25(8-6-22)33-46-29(39(40,41)42)20-49(33)27-11-12-27/h5-8,17-18,20-21,23-24,27H,9-16,19H2,1-4H3. The Bertz CT molecular complexity index is 2280. The molecule has 3 fully saturated rings. The van der Waals surface area contributed by atoms with Crippen molar-refractivity contribution >= 4 is 17.1 Å². The predicted octanol–water partition coefficient (Wildman–Crippen LogP) is 7.51. The van der Waals surface area contributed by atoms with E-state index in [0.29, 0.717) is 65.4 Å². The number of hydrogen-bond acceptors (Lipinski definition) is 9. The number of halogens is 3. The molecule has 1 amide bonds. The average Bonchev–Trinajstić information content (AvgIpc) is 4.10. The Hall–Kier alpha value is -5.34. The van der Waals surface area contributed by atoms with Crippen LogP contribution in [0.2, 0.25) is 0 Å². The fourth-order valence-electron chi connectivity index (χ4n) is 7.17. The van der Waals surface area contributed by atoms with E-state index in [1.54, 1.807) is 44.5 Å². The van der Waals surface area contributed by atoms with Gasteiger partial charge in [0.15, 0.2) is 11.5 Å².